The summed E-state index contributed by atoms with van der Waals surface area (Å²) in [5, 5.41) is 14.4. The molecule has 0 radical (unpaired) electrons. The van der Waals surface area contributed by atoms with E-state index in [1.165, 1.54) is 17.1 Å². The monoisotopic (exact) mass is 458 g/mol. The zero-order valence-corrected chi connectivity index (χ0v) is 19.2. The van der Waals surface area contributed by atoms with Crippen LogP contribution in [-0.2, 0) is 28.1 Å². The third-order valence-electron chi connectivity index (χ3n) is 5.71. The maximum atomic E-state index is 12.5. The van der Waals surface area contributed by atoms with Gasteiger partial charge in [-0.05, 0) is 41.7 Å². The topological polar surface area (TPSA) is 94.0 Å². The summed E-state index contributed by atoms with van der Waals surface area (Å²) in [6.45, 7) is 1.97. The molecule has 1 saturated heterocycles. The molecule has 2 heterocycles. The van der Waals surface area contributed by atoms with Crippen molar-refractivity contribution < 1.29 is 13.2 Å². The highest BCUT2D eigenvalue weighted by atomic mass is 32.2. The van der Waals surface area contributed by atoms with E-state index in [4.69, 9.17) is 0 Å². The smallest absolute Gasteiger partial charge is 0.230 e. The van der Waals surface area contributed by atoms with Crippen LogP contribution in [-0.4, -0.2) is 46.3 Å². The summed E-state index contributed by atoms with van der Waals surface area (Å²) in [5.74, 6) is 1.50. The average molecular weight is 459 g/mol. The first-order valence-corrected chi connectivity index (χ1v) is 13.1. The second kappa shape index (κ2) is 9.00. The van der Waals surface area contributed by atoms with Crippen LogP contribution < -0.4 is 5.32 Å². The largest absolute Gasteiger partial charge is 0.349 e. The second-order valence-electron chi connectivity index (χ2n) is 8.12. The number of rotatable bonds is 7. The molecule has 2 aromatic carbocycles. The number of amides is 1. The number of aromatic nitrogens is 3. The Bertz CT molecular complexity index is 1210. The van der Waals surface area contributed by atoms with Crippen LogP contribution in [0.5, 0.6) is 0 Å². The van der Waals surface area contributed by atoms with Crippen molar-refractivity contribution in [2.24, 2.45) is 13.0 Å². The minimum atomic E-state index is -2.91. The van der Waals surface area contributed by atoms with Gasteiger partial charge in [0.25, 0.3) is 0 Å². The van der Waals surface area contributed by atoms with Gasteiger partial charge in [-0.15, -0.1) is 10.2 Å². The van der Waals surface area contributed by atoms with E-state index in [0.717, 1.165) is 16.8 Å². The molecule has 1 amide bonds. The summed E-state index contributed by atoms with van der Waals surface area (Å²) in [6, 6.07) is 14.3. The summed E-state index contributed by atoms with van der Waals surface area (Å²) in [4.78, 5) is 12.5. The number of nitrogens with one attached hydrogen (secondary N) is 1. The lowest BCUT2D eigenvalue weighted by Gasteiger charge is -2.15. The molecule has 4 rings (SSSR count). The molecular weight excluding hydrogens is 432 g/mol. The van der Waals surface area contributed by atoms with E-state index < -0.39 is 9.84 Å². The van der Waals surface area contributed by atoms with Crippen LogP contribution in [0.2, 0.25) is 0 Å². The van der Waals surface area contributed by atoms with Gasteiger partial charge in [-0.3, -0.25) is 4.79 Å². The third-order valence-corrected chi connectivity index (χ3v) is 8.56. The van der Waals surface area contributed by atoms with Crippen molar-refractivity contribution in [1.82, 2.24) is 20.1 Å². The Balaban J connectivity index is 1.31. The van der Waals surface area contributed by atoms with Crippen LogP contribution >= 0.6 is 11.8 Å². The lowest BCUT2D eigenvalue weighted by Crippen LogP contribution is -2.28. The number of thioether (sulfide) groups is 1. The molecule has 0 saturated carbocycles. The first-order valence-electron chi connectivity index (χ1n) is 10.3. The molecule has 1 aliphatic heterocycles. The molecule has 9 heteroatoms. The Morgan fingerprint density at radius 3 is 2.74 bits per heavy atom. The maximum Gasteiger partial charge on any atom is 0.230 e. The average Bonchev–Trinajstić information content (AvgIpc) is 3.27. The first-order chi connectivity index (χ1) is 14.8. The number of nitrogens with zero attached hydrogens (tertiary/aromatic N) is 3. The number of fused-ring (bicyclic) bond motifs is 1. The molecule has 1 fully saturated rings. The van der Waals surface area contributed by atoms with E-state index >= 15 is 0 Å². The minimum absolute atomic E-state index is 0.0721. The predicted octanol–water partition coefficient (Wildman–Crippen LogP) is 2.92. The fourth-order valence-corrected chi connectivity index (χ4v) is 6.52. The Labute approximate surface area is 186 Å². The predicted molar refractivity (Wildman–Crippen MR) is 123 cm³/mol. The highest BCUT2D eigenvalue weighted by Gasteiger charge is 2.29. The molecule has 0 bridgehead atoms. The summed E-state index contributed by atoms with van der Waals surface area (Å²) in [5.41, 5.74) is 1.06. The van der Waals surface area contributed by atoms with Gasteiger partial charge in [-0.25, -0.2) is 8.42 Å². The third kappa shape index (κ3) is 5.27. The second-order valence-corrected chi connectivity index (χ2v) is 11.3. The molecule has 0 aliphatic carbocycles. The number of carbonyl (C=O) groups is 1. The first kappa shape index (κ1) is 21.8. The molecule has 7 nitrogen and oxygen atoms in total. The summed E-state index contributed by atoms with van der Waals surface area (Å²) in [6.07, 6.45) is 1.27. The van der Waals surface area contributed by atoms with E-state index in [1.54, 1.807) is 0 Å². The van der Waals surface area contributed by atoms with E-state index in [9.17, 15) is 13.2 Å². The molecule has 31 heavy (non-hydrogen) atoms. The minimum Gasteiger partial charge on any atom is -0.349 e. The van der Waals surface area contributed by atoms with Gasteiger partial charge in [-0.1, -0.05) is 48.2 Å². The molecule has 1 N–H and O–H groups in total. The van der Waals surface area contributed by atoms with Crippen molar-refractivity contribution in [1.29, 1.82) is 0 Å². The quantitative estimate of drug-likeness (QED) is 0.547. The van der Waals surface area contributed by atoms with E-state index in [-0.39, 0.29) is 35.1 Å². The van der Waals surface area contributed by atoms with E-state index in [1.807, 2.05) is 36.7 Å². The highest BCUT2D eigenvalue weighted by molar-refractivity contribution is 7.99. The van der Waals surface area contributed by atoms with Crippen molar-refractivity contribution in [3.63, 3.8) is 0 Å². The van der Waals surface area contributed by atoms with Crippen LogP contribution in [0, 0.1) is 5.92 Å². The van der Waals surface area contributed by atoms with Gasteiger partial charge < -0.3 is 9.88 Å². The number of sulfone groups is 1. The van der Waals surface area contributed by atoms with Gasteiger partial charge in [0.15, 0.2) is 15.0 Å². The molecule has 0 unspecified atom stereocenters. The van der Waals surface area contributed by atoms with Crippen LogP contribution in [0.1, 0.15) is 30.8 Å². The summed E-state index contributed by atoms with van der Waals surface area (Å²) < 4.78 is 25.2. The van der Waals surface area contributed by atoms with Crippen LogP contribution in [0.3, 0.4) is 0 Å². The van der Waals surface area contributed by atoms with E-state index in [2.05, 4.69) is 39.8 Å². The molecule has 2 atom stereocenters. The summed E-state index contributed by atoms with van der Waals surface area (Å²) in [7, 11) is -1.05. The molecule has 0 spiro atoms. The Hall–Kier alpha value is -2.39. The van der Waals surface area contributed by atoms with Crippen molar-refractivity contribution in [2.45, 2.75) is 31.0 Å². The summed E-state index contributed by atoms with van der Waals surface area (Å²) >= 11 is 1.33. The van der Waals surface area contributed by atoms with Crippen LogP contribution in [0.4, 0.5) is 0 Å². The number of hydrogen-bond acceptors (Lipinski definition) is 6. The Morgan fingerprint density at radius 1 is 1.23 bits per heavy atom. The zero-order valence-electron chi connectivity index (χ0n) is 17.6. The fraction of sp³-hybridized carbons (Fsp3) is 0.409. The van der Waals surface area contributed by atoms with Crippen molar-refractivity contribution >= 4 is 38.3 Å². The lowest BCUT2D eigenvalue weighted by molar-refractivity contribution is -0.119. The van der Waals surface area contributed by atoms with Gasteiger partial charge in [-0.2, -0.15) is 0 Å². The highest BCUT2D eigenvalue weighted by Crippen LogP contribution is 2.24. The lowest BCUT2D eigenvalue weighted by atomic mass is 10.0. The normalized spacial score (nSPS) is 18.8. The molecule has 3 aromatic rings. The van der Waals surface area contributed by atoms with Gasteiger partial charge >= 0.3 is 0 Å². The molecule has 1 aromatic heterocycles. The van der Waals surface area contributed by atoms with Crippen molar-refractivity contribution in [2.75, 3.05) is 17.3 Å². The SMILES string of the molecule is C[C@H](NC(=O)CSc1nnc(C[C@H]2CCS(=O)(=O)C2)n1C)c1ccc2ccccc2c1. The maximum absolute atomic E-state index is 12.5. The van der Waals surface area contributed by atoms with Gasteiger partial charge in [0.1, 0.15) is 5.82 Å². The van der Waals surface area contributed by atoms with Gasteiger partial charge in [0.05, 0.1) is 23.3 Å². The number of carbonyl (C=O) groups excluding carboxylic acids is 1. The van der Waals surface area contributed by atoms with E-state index in [0.29, 0.717) is 18.0 Å². The van der Waals surface area contributed by atoms with Crippen molar-refractivity contribution in [3.8, 4) is 0 Å². The standard InChI is InChI=1S/C22H26N4O3S2/c1-15(18-8-7-17-5-3-4-6-19(17)12-18)23-21(27)13-30-22-25-24-20(26(22)2)11-16-9-10-31(28,29)14-16/h3-8,12,15-16H,9-11,13-14H2,1-2H3,(H,23,27)/t15-,16+/m0/s1. The van der Waals surface area contributed by atoms with Gasteiger partial charge in [0.2, 0.25) is 5.91 Å². The van der Waals surface area contributed by atoms with Crippen LogP contribution in [0.15, 0.2) is 47.6 Å². The van der Waals surface area contributed by atoms with Crippen LogP contribution in [0.25, 0.3) is 10.8 Å². The Kier molecular flexibility index (Phi) is 6.34. The molecular formula is C22H26N4O3S2. The Morgan fingerprint density at radius 2 is 2.00 bits per heavy atom. The van der Waals surface area contributed by atoms with Crippen molar-refractivity contribution in [3.05, 3.63) is 53.9 Å². The fourth-order valence-electron chi connectivity index (χ4n) is 3.91. The molecule has 164 valence electrons. The van der Waals surface area contributed by atoms with Gasteiger partial charge in [0, 0.05) is 13.5 Å². The molecule has 1 aliphatic rings. The zero-order chi connectivity index (χ0) is 22.0. The number of benzene rings is 2. The number of hydrogen-bond donors (Lipinski definition) is 1.